The first-order valence-electron chi connectivity index (χ1n) is 4.47. The Bertz CT molecular complexity index is 410. The number of hydrogen-bond acceptors (Lipinski definition) is 2. The van der Waals surface area contributed by atoms with Crippen LogP contribution in [0.4, 0.5) is 0 Å². The van der Waals surface area contributed by atoms with Crippen molar-refractivity contribution in [2.45, 2.75) is 12.8 Å². The molecule has 0 saturated carbocycles. The summed E-state index contributed by atoms with van der Waals surface area (Å²) in [6.07, 6.45) is 8.71. The van der Waals surface area contributed by atoms with Crippen LogP contribution in [0, 0.1) is 0 Å². The number of nitrogens with zero attached hydrogens (tertiary/aromatic N) is 1. The minimum atomic E-state index is 0.310. The van der Waals surface area contributed by atoms with Crippen molar-refractivity contribution >= 4 is 17.2 Å². The lowest BCUT2D eigenvalue weighted by Crippen LogP contribution is -1.95. The summed E-state index contributed by atoms with van der Waals surface area (Å²) in [5.41, 5.74) is 1.78. The van der Waals surface area contributed by atoms with E-state index in [1.54, 1.807) is 18.5 Å². The number of allylic oxidation sites excluding steroid dienone is 3. The van der Waals surface area contributed by atoms with Crippen molar-refractivity contribution in [3.05, 3.63) is 47.0 Å². The number of pyridine rings is 1. The van der Waals surface area contributed by atoms with Gasteiger partial charge in [0.05, 0.1) is 5.02 Å². The highest BCUT2D eigenvalue weighted by atomic mass is 35.5. The Morgan fingerprint density at radius 3 is 3.00 bits per heavy atom. The Morgan fingerprint density at radius 2 is 2.29 bits per heavy atom. The van der Waals surface area contributed by atoms with E-state index < -0.39 is 0 Å². The van der Waals surface area contributed by atoms with Crippen molar-refractivity contribution in [1.82, 2.24) is 4.98 Å². The number of aromatic nitrogens is 1. The van der Waals surface area contributed by atoms with Crippen LogP contribution < -0.4 is 0 Å². The van der Waals surface area contributed by atoms with Gasteiger partial charge in [-0.2, -0.15) is 0 Å². The molecule has 1 aromatic rings. The summed E-state index contributed by atoms with van der Waals surface area (Å²) in [5.74, 6) is 0.310. The van der Waals surface area contributed by atoms with Gasteiger partial charge < -0.3 is 5.11 Å². The Balaban J connectivity index is 2.49. The van der Waals surface area contributed by atoms with Gasteiger partial charge in [-0.1, -0.05) is 17.7 Å². The van der Waals surface area contributed by atoms with Crippen LogP contribution >= 0.6 is 11.6 Å². The molecule has 3 heteroatoms. The largest absolute Gasteiger partial charge is 0.508 e. The predicted molar refractivity (Wildman–Crippen MR) is 57.2 cm³/mol. The van der Waals surface area contributed by atoms with Crippen LogP contribution in [0.3, 0.4) is 0 Å². The third kappa shape index (κ3) is 1.66. The van der Waals surface area contributed by atoms with Gasteiger partial charge in [-0.15, -0.1) is 0 Å². The summed E-state index contributed by atoms with van der Waals surface area (Å²) >= 11 is 5.99. The second kappa shape index (κ2) is 3.84. The van der Waals surface area contributed by atoms with Crippen LogP contribution in [0.2, 0.25) is 5.02 Å². The number of halogens is 1. The molecule has 0 atom stereocenters. The molecule has 72 valence electrons. The van der Waals surface area contributed by atoms with Crippen LogP contribution in [-0.2, 0) is 0 Å². The molecule has 0 unspecified atom stereocenters. The number of aliphatic hydroxyl groups is 1. The van der Waals surface area contributed by atoms with E-state index in [-0.39, 0.29) is 0 Å². The van der Waals surface area contributed by atoms with Crippen molar-refractivity contribution < 1.29 is 5.11 Å². The van der Waals surface area contributed by atoms with Gasteiger partial charge in [0.15, 0.2) is 0 Å². The summed E-state index contributed by atoms with van der Waals surface area (Å²) in [5, 5.41) is 10.2. The normalized spacial score (nSPS) is 16.1. The van der Waals surface area contributed by atoms with Gasteiger partial charge in [0.2, 0.25) is 0 Å². The molecule has 0 radical (unpaired) electrons. The highest BCUT2D eigenvalue weighted by Gasteiger charge is 2.12. The first-order valence-corrected chi connectivity index (χ1v) is 4.85. The predicted octanol–water partition coefficient (Wildman–Crippen LogP) is 3.35. The minimum Gasteiger partial charge on any atom is -0.508 e. The van der Waals surface area contributed by atoms with Gasteiger partial charge in [0, 0.05) is 23.5 Å². The molecule has 1 heterocycles. The van der Waals surface area contributed by atoms with Crippen molar-refractivity contribution in [2.24, 2.45) is 0 Å². The highest BCUT2D eigenvalue weighted by molar-refractivity contribution is 6.32. The molecular weight excluding hydrogens is 198 g/mol. The molecule has 0 amide bonds. The minimum absolute atomic E-state index is 0.310. The fourth-order valence-electron chi connectivity index (χ4n) is 1.54. The van der Waals surface area contributed by atoms with Gasteiger partial charge in [-0.05, 0) is 25.0 Å². The molecule has 0 aliphatic heterocycles. The van der Waals surface area contributed by atoms with Crippen molar-refractivity contribution in [3.8, 4) is 0 Å². The van der Waals surface area contributed by atoms with Gasteiger partial charge in [0.1, 0.15) is 5.76 Å². The van der Waals surface area contributed by atoms with E-state index in [0.29, 0.717) is 10.8 Å². The summed E-state index contributed by atoms with van der Waals surface area (Å²) in [7, 11) is 0. The molecular formula is C11H10ClNO. The maximum atomic E-state index is 9.66. The number of hydrogen-bond donors (Lipinski definition) is 1. The van der Waals surface area contributed by atoms with E-state index in [1.807, 2.05) is 12.1 Å². The fraction of sp³-hybridized carbons (Fsp3) is 0.182. The van der Waals surface area contributed by atoms with E-state index in [1.165, 1.54) is 0 Å². The standard InChI is InChI=1S/C11H10ClNO/c12-10-7-13-6-5-8(10)9-3-1-2-4-11(9)14/h2,4-7,14H,1,3H2. The quantitative estimate of drug-likeness (QED) is 0.766. The van der Waals surface area contributed by atoms with Gasteiger partial charge in [-0.25, -0.2) is 0 Å². The maximum absolute atomic E-state index is 9.66. The third-order valence-corrected chi connectivity index (χ3v) is 2.54. The third-order valence-electron chi connectivity index (χ3n) is 2.24. The molecule has 0 spiro atoms. The van der Waals surface area contributed by atoms with Crippen molar-refractivity contribution in [1.29, 1.82) is 0 Å². The van der Waals surface area contributed by atoms with Gasteiger partial charge in [0.25, 0.3) is 0 Å². The lowest BCUT2D eigenvalue weighted by atomic mass is 9.97. The molecule has 1 aliphatic carbocycles. The first kappa shape index (κ1) is 9.28. The van der Waals surface area contributed by atoms with Crippen LogP contribution in [0.25, 0.3) is 5.57 Å². The molecule has 0 bridgehead atoms. The SMILES string of the molecule is OC1=C(c2ccncc2Cl)CCC=C1. The molecule has 1 aliphatic rings. The molecule has 0 aromatic carbocycles. The molecule has 0 fully saturated rings. The average molecular weight is 208 g/mol. The van der Waals surface area contributed by atoms with Crippen molar-refractivity contribution in [2.75, 3.05) is 0 Å². The molecule has 14 heavy (non-hydrogen) atoms. The highest BCUT2D eigenvalue weighted by Crippen LogP contribution is 2.31. The van der Waals surface area contributed by atoms with E-state index in [4.69, 9.17) is 11.6 Å². The average Bonchev–Trinajstić information content (AvgIpc) is 2.20. The zero-order valence-corrected chi connectivity index (χ0v) is 8.33. The van der Waals surface area contributed by atoms with Crippen LogP contribution in [0.1, 0.15) is 18.4 Å². The zero-order valence-electron chi connectivity index (χ0n) is 7.57. The lowest BCUT2D eigenvalue weighted by Gasteiger charge is -2.12. The Hall–Kier alpha value is -1.28. The summed E-state index contributed by atoms with van der Waals surface area (Å²) in [6.45, 7) is 0. The number of rotatable bonds is 1. The smallest absolute Gasteiger partial charge is 0.119 e. The Kier molecular flexibility index (Phi) is 2.55. The second-order valence-corrected chi connectivity index (χ2v) is 3.57. The summed E-state index contributed by atoms with van der Waals surface area (Å²) in [6, 6.07) is 1.83. The van der Waals surface area contributed by atoms with Crippen LogP contribution in [-0.4, -0.2) is 10.1 Å². The van der Waals surface area contributed by atoms with Crippen molar-refractivity contribution in [3.63, 3.8) is 0 Å². The Labute approximate surface area is 87.6 Å². The first-order chi connectivity index (χ1) is 6.79. The van der Waals surface area contributed by atoms with E-state index >= 15 is 0 Å². The number of aliphatic hydroxyl groups excluding tert-OH is 1. The molecule has 0 saturated heterocycles. The topological polar surface area (TPSA) is 33.1 Å². The molecule has 2 rings (SSSR count). The molecule has 1 N–H and O–H groups in total. The summed E-state index contributed by atoms with van der Waals surface area (Å²) < 4.78 is 0. The van der Waals surface area contributed by atoms with Gasteiger partial charge >= 0.3 is 0 Å². The van der Waals surface area contributed by atoms with Crippen LogP contribution in [0.5, 0.6) is 0 Å². The van der Waals surface area contributed by atoms with Gasteiger partial charge in [-0.3, -0.25) is 4.98 Å². The Morgan fingerprint density at radius 1 is 1.43 bits per heavy atom. The fourth-order valence-corrected chi connectivity index (χ4v) is 1.78. The summed E-state index contributed by atoms with van der Waals surface area (Å²) in [4.78, 5) is 3.91. The monoisotopic (exact) mass is 207 g/mol. The van der Waals surface area contributed by atoms with Crippen LogP contribution in [0.15, 0.2) is 36.4 Å². The maximum Gasteiger partial charge on any atom is 0.119 e. The lowest BCUT2D eigenvalue weighted by molar-refractivity contribution is 0.431. The molecule has 1 aromatic heterocycles. The zero-order chi connectivity index (χ0) is 9.97. The second-order valence-electron chi connectivity index (χ2n) is 3.16. The molecule has 2 nitrogen and oxygen atoms in total. The van der Waals surface area contributed by atoms with E-state index in [2.05, 4.69) is 4.98 Å². The van der Waals surface area contributed by atoms with E-state index in [9.17, 15) is 5.11 Å². The van der Waals surface area contributed by atoms with E-state index in [0.717, 1.165) is 24.0 Å².